The molecule has 8 rings (SSSR count). The van der Waals surface area contributed by atoms with Gasteiger partial charge >= 0.3 is 0 Å². The second-order valence-electron chi connectivity index (χ2n) is 10.1. The summed E-state index contributed by atoms with van der Waals surface area (Å²) in [5.41, 5.74) is 7.02. The molecule has 8 aromatic rings. The van der Waals surface area contributed by atoms with E-state index >= 15 is 0 Å². The molecule has 0 unspecified atom stereocenters. The van der Waals surface area contributed by atoms with E-state index in [1.54, 1.807) is 0 Å². The number of fused-ring (bicyclic) bond motifs is 6. The molecule has 0 spiro atoms. The van der Waals surface area contributed by atoms with E-state index in [0.29, 0.717) is 5.71 Å². The van der Waals surface area contributed by atoms with Gasteiger partial charge in [-0.1, -0.05) is 109 Å². The van der Waals surface area contributed by atoms with E-state index < -0.39 is 0 Å². The number of hydrogen-bond donors (Lipinski definition) is 0. The Hall–Kier alpha value is -5.41. The van der Waals surface area contributed by atoms with Gasteiger partial charge in [0, 0.05) is 16.5 Å². The topological polar surface area (TPSA) is 29.3 Å². The Bertz CT molecular complexity index is 2160. The second kappa shape index (κ2) is 9.11. The fourth-order valence-corrected chi connectivity index (χ4v) is 5.80. The summed E-state index contributed by atoms with van der Waals surface area (Å²) in [4.78, 5) is 7.11. The van der Waals surface area contributed by atoms with Crippen LogP contribution in [0.1, 0.15) is 0 Å². The van der Waals surface area contributed by atoms with Crippen molar-refractivity contribution in [2.45, 2.75) is 0 Å². The molecule has 0 aliphatic rings. The molecule has 0 aliphatic carbocycles. The van der Waals surface area contributed by atoms with Crippen molar-refractivity contribution >= 4 is 60.7 Å². The summed E-state index contributed by atoms with van der Waals surface area (Å²) >= 11 is 0. The third-order valence-corrected chi connectivity index (χ3v) is 7.70. The second-order valence-corrected chi connectivity index (χ2v) is 10.1. The Labute approximate surface area is 231 Å². The Morgan fingerprint density at radius 1 is 0.475 bits per heavy atom. The standard InChI is InChI=1S/C37H24N2O/c1-2-10-25(11-3-1)26-18-20-28(21-19-26)39(29-23-34-33-16-8-9-17-36(33)40-37(34)38-24-29)35-22-27-12-4-5-13-30(27)31-14-6-7-15-32(31)35/h1-24H. The minimum absolute atomic E-state index is 0.646. The molecular formula is C37H24N2O. The normalized spacial score (nSPS) is 11.5. The summed E-state index contributed by atoms with van der Waals surface area (Å²) in [5.74, 6) is 0. The van der Waals surface area contributed by atoms with Crippen LogP contribution in [-0.2, 0) is 0 Å². The van der Waals surface area contributed by atoms with Crippen molar-refractivity contribution in [3.63, 3.8) is 0 Å². The number of nitrogens with zero attached hydrogens (tertiary/aromatic N) is 2. The van der Waals surface area contributed by atoms with Crippen molar-refractivity contribution in [3.05, 3.63) is 146 Å². The van der Waals surface area contributed by atoms with Crippen LogP contribution in [0.3, 0.4) is 0 Å². The lowest BCUT2D eigenvalue weighted by atomic mass is 9.98. The fraction of sp³-hybridized carbons (Fsp3) is 0. The van der Waals surface area contributed by atoms with Crippen LogP contribution in [0.15, 0.2) is 150 Å². The summed E-state index contributed by atoms with van der Waals surface area (Å²) < 4.78 is 6.06. The Balaban J connectivity index is 1.39. The van der Waals surface area contributed by atoms with Gasteiger partial charge in [-0.2, -0.15) is 0 Å². The molecule has 40 heavy (non-hydrogen) atoms. The van der Waals surface area contributed by atoms with Crippen LogP contribution >= 0.6 is 0 Å². The van der Waals surface area contributed by atoms with E-state index in [1.807, 2.05) is 30.5 Å². The molecule has 0 N–H and O–H groups in total. The third kappa shape index (κ3) is 3.63. The molecule has 0 radical (unpaired) electrons. The SMILES string of the molecule is c1ccc(-c2ccc(N(c3cnc4oc5ccccc5c4c3)c3cc4ccccc4c4ccccc34)cc2)cc1. The molecule has 2 heterocycles. The predicted octanol–water partition coefficient (Wildman–Crippen LogP) is 10.4. The van der Waals surface area contributed by atoms with Crippen molar-refractivity contribution in [1.82, 2.24) is 4.98 Å². The van der Waals surface area contributed by atoms with Crippen LogP contribution < -0.4 is 4.90 Å². The number of aromatic nitrogens is 1. The number of furan rings is 1. The number of rotatable bonds is 4. The molecule has 0 fully saturated rings. The first kappa shape index (κ1) is 22.6. The summed E-state index contributed by atoms with van der Waals surface area (Å²) in [5, 5.41) is 6.93. The largest absolute Gasteiger partial charge is 0.438 e. The molecule has 0 atom stereocenters. The lowest BCUT2D eigenvalue weighted by molar-refractivity contribution is 0.654. The zero-order chi connectivity index (χ0) is 26.5. The first-order valence-corrected chi connectivity index (χ1v) is 13.5. The fourth-order valence-electron chi connectivity index (χ4n) is 5.80. The van der Waals surface area contributed by atoms with Gasteiger partial charge in [0.1, 0.15) is 5.58 Å². The van der Waals surface area contributed by atoms with Gasteiger partial charge in [0.15, 0.2) is 0 Å². The molecule has 3 heteroatoms. The summed E-state index contributed by atoms with van der Waals surface area (Å²) in [6.45, 7) is 0. The predicted molar refractivity (Wildman–Crippen MR) is 167 cm³/mol. The Morgan fingerprint density at radius 3 is 1.95 bits per heavy atom. The molecule has 0 aliphatic heterocycles. The van der Waals surface area contributed by atoms with E-state index in [4.69, 9.17) is 9.40 Å². The van der Waals surface area contributed by atoms with Crippen LogP contribution in [0.25, 0.3) is 54.7 Å². The van der Waals surface area contributed by atoms with Crippen molar-refractivity contribution in [2.75, 3.05) is 4.90 Å². The van der Waals surface area contributed by atoms with Crippen LogP contribution in [0.5, 0.6) is 0 Å². The molecule has 0 saturated carbocycles. The highest BCUT2D eigenvalue weighted by atomic mass is 16.3. The maximum atomic E-state index is 6.06. The van der Waals surface area contributed by atoms with Crippen molar-refractivity contribution < 1.29 is 4.42 Å². The minimum atomic E-state index is 0.646. The first-order valence-electron chi connectivity index (χ1n) is 13.5. The summed E-state index contributed by atoms with van der Waals surface area (Å²) in [6.07, 6.45) is 1.92. The van der Waals surface area contributed by atoms with E-state index in [-0.39, 0.29) is 0 Å². The van der Waals surface area contributed by atoms with E-state index in [0.717, 1.165) is 33.4 Å². The molecule has 0 saturated heterocycles. The van der Waals surface area contributed by atoms with E-state index in [2.05, 4.69) is 120 Å². The lowest BCUT2D eigenvalue weighted by Crippen LogP contribution is -2.11. The Kier molecular flexibility index (Phi) is 5.14. The van der Waals surface area contributed by atoms with Crippen LogP contribution in [0.4, 0.5) is 17.1 Å². The van der Waals surface area contributed by atoms with Gasteiger partial charge in [0.25, 0.3) is 0 Å². The van der Waals surface area contributed by atoms with Crippen LogP contribution in [0.2, 0.25) is 0 Å². The van der Waals surface area contributed by atoms with Gasteiger partial charge in [0.2, 0.25) is 5.71 Å². The number of benzene rings is 6. The maximum absolute atomic E-state index is 6.06. The summed E-state index contributed by atoms with van der Waals surface area (Å²) in [6, 6.07) is 49.1. The number of hydrogen-bond acceptors (Lipinski definition) is 3. The zero-order valence-corrected chi connectivity index (χ0v) is 21.7. The number of pyridine rings is 1. The van der Waals surface area contributed by atoms with Crippen molar-refractivity contribution in [2.24, 2.45) is 0 Å². The van der Waals surface area contributed by atoms with E-state index in [1.165, 1.54) is 32.7 Å². The Morgan fingerprint density at radius 2 is 1.12 bits per heavy atom. The molecule has 2 aromatic heterocycles. The highest BCUT2D eigenvalue weighted by Crippen LogP contribution is 2.43. The number of anilines is 3. The lowest BCUT2D eigenvalue weighted by Gasteiger charge is -2.27. The maximum Gasteiger partial charge on any atom is 0.227 e. The first-order chi connectivity index (χ1) is 19.8. The number of para-hydroxylation sites is 1. The quantitative estimate of drug-likeness (QED) is 0.220. The monoisotopic (exact) mass is 512 g/mol. The summed E-state index contributed by atoms with van der Waals surface area (Å²) in [7, 11) is 0. The van der Waals surface area contributed by atoms with Crippen LogP contribution in [-0.4, -0.2) is 4.98 Å². The van der Waals surface area contributed by atoms with Crippen molar-refractivity contribution in [3.8, 4) is 11.1 Å². The third-order valence-electron chi connectivity index (χ3n) is 7.70. The molecule has 0 bridgehead atoms. The van der Waals surface area contributed by atoms with Crippen LogP contribution in [0, 0.1) is 0 Å². The van der Waals surface area contributed by atoms with Gasteiger partial charge in [-0.3, -0.25) is 0 Å². The molecule has 6 aromatic carbocycles. The van der Waals surface area contributed by atoms with Gasteiger partial charge in [-0.05, 0) is 57.6 Å². The average Bonchev–Trinajstić information content (AvgIpc) is 3.40. The van der Waals surface area contributed by atoms with E-state index in [9.17, 15) is 0 Å². The highest BCUT2D eigenvalue weighted by Gasteiger charge is 2.19. The van der Waals surface area contributed by atoms with Gasteiger partial charge in [-0.25, -0.2) is 4.98 Å². The smallest absolute Gasteiger partial charge is 0.227 e. The van der Waals surface area contributed by atoms with Crippen molar-refractivity contribution in [1.29, 1.82) is 0 Å². The molecule has 3 nitrogen and oxygen atoms in total. The molecule has 188 valence electrons. The van der Waals surface area contributed by atoms with Gasteiger partial charge in [-0.15, -0.1) is 0 Å². The average molecular weight is 513 g/mol. The van der Waals surface area contributed by atoms with Gasteiger partial charge in [0.05, 0.1) is 23.0 Å². The zero-order valence-electron chi connectivity index (χ0n) is 21.7. The van der Waals surface area contributed by atoms with Gasteiger partial charge < -0.3 is 9.32 Å². The minimum Gasteiger partial charge on any atom is -0.438 e. The highest BCUT2D eigenvalue weighted by molar-refractivity contribution is 6.15. The molecule has 0 amide bonds. The molecular weight excluding hydrogens is 488 g/mol.